The maximum absolute atomic E-state index is 9.22. The maximum atomic E-state index is 9.22. The molecule has 0 aromatic carbocycles. The number of nitrogens with zero attached hydrogens (tertiary/aromatic N) is 1. The summed E-state index contributed by atoms with van der Waals surface area (Å²) < 4.78 is 0. The molecule has 0 amide bonds. The van der Waals surface area contributed by atoms with Gasteiger partial charge in [-0.2, -0.15) is 0 Å². The van der Waals surface area contributed by atoms with Gasteiger partial charge in [-0.15, -0.1) is 23.5 Å². The van der Waals surface area contributed by atoms with Crippen molar-refractivity contribution in [3.63, 3.8) is 0 Å². The van der Waals surface area contributed by atoms with Gasteiger partial charge < -0.3 is 5.11 Å². The van der Waals surface area contributed by atoms with Crippen molar-refractivity contribution in [2.75, 3.05) is 18.1 Å². The van der Waals surface area contributed by atoms with Crippen LogP contribution in [0.25, 0.3) is 0 Å². The first-order valence-corrected chi connectivity index (χ1v) is 6.04. The van der Waals surface area contributed by atoms with Crippen LogP contribution in [0.3, 0.4) is 0 Å². The first kappa shape index (κ1) is 8.23. The van der Waals surface area contributed by atoms with Crippen molar-refractivity contribution in [3.05, 3.63) is 0 Å². The summed E-state index contributed by atoms with van der Waals surface area (Å²) in [5.74, 6) is 2.54. The zero-order chi connectivity index (χ0) is 7.84. The summed E-state index contributed by atoms with van der Waals surface area (Å²) in [4.78, 5) is 2.43. The fraction of sp³-hybridized carbons (Fsp3) is 1.00. The molecule has 4 heteroatoms. The number of aliphatic hydroxyl groups is 1. The minimum absolute atomic E-state index is 0.169. The van der Waals surface area contributed by atoms with Gasteiger partial charge in [0.05, 0.1) is 16.9 Å². The molecule has 0 bridgehead atoms. The van der Waals surface area contributed by atoms with Crippen LogP contribution in [0.2, 0.25) is 0 Å². The van der Waals surface area contributed by atoms with Gasteiger partial charge in [0, 0.05) is 18.1 Å². The summed E-state index contributed by atoms with van der Waals surface area (Å²) in [5.41, 5.74) is 0. The second-order valence-corrected chi connectivity index (χ2v) is 5.54. The maximum Gasteiger partial charge on any atom is 0.0660 e. The lowest BCUT2D eigenvalue weighted by Crippen LogP contribution is -2.34. The minimum Gasteiger partial charge on any atom is -0.392 e. The van der Waals surface area contributed by atoms with Gasteiger partial charge in [-0.25, -0.2) is 0 Å². The van der Waals surface area contributed by atoms with E-state index in [0.29, 0.717) is 0 Å². The molecule has 11 heavy (non-hydrogen) atoms. The molecule has 2 nitrogen and oxygen atoms in total. The normalized spacial score (nSPS) is 37.4. The van der Waals surface area contributed by atoms with E-state index in [-0.39, 0.29) is 6.10 Å². The van der Waals surface area contributed by atoms with E-state index >= 15 is 0 Å². The molecule has 2 aliphatic heterocycles. The molecule has 2 heterocycles. The molecule has 3 atom stereocenters. The highest BCUT2D eigenvalue weighted by molar-refractivity contribution is 8.07. The molecule has 0 aromatic heterocycles. The van der Waals surface area contributed by atoms with E-state index in [0.717, 1.165) is 17.3 Å². The summed E-state index contributed by atoms with van der Waals surface area (Å²) in [6.07, 6.45) is -0.169. The van der Waals surface area contributed by atoms with Crippen molar-refractivity contribution < 1.29 is 5.11 Å². The molecule has 0 aromatic rings. The number of thioether (sulfide) groups is 2. The van der Waals surface area contributed by atoms with E-state index in [1.165, 1.54) is 11.5 Å². The fourth-order valence-electron chi connectivity index (χ4n) is 1.19. The lowest BCUT2D eigenvalue weighted by Gasteiger charge is -2.20. The standard InChI is InChI=1S/C7H13NOS2/c1-5(9)2-8(6-3-10-6)7-4-11-7/h5-7,9H,2-4H2,1H3/t5?,6-,7+. The van der Waals surface area contributed by atoms with Crippen LogP contribution in [-0.2, 0) is 0 Å². The lowest BCUT2D eigenvalue weighted by molar-refractivity contribution is 0.130. The highest BCUT2D eigenvalue weighted by Crippen LogP contribution is 2.43. The molecule has 64 valence electrons. The summed E-state index contributed by atoms with van der Waals surface area (Å²) in [7, 11) is 0. The average Bonchev–Trinajstić information content (AvgIpc) is 2.79. The topological polar surface area (TPSA) is 23.5 Å². The predicted octanol–water partition coefficient (Wildman–Crippen LogP) is 0.815. The molecular weight excluding hydrogens is 178 g/mol. The van der Waals surface area contributed by atoms with Crippen LogP contribution < -0.4 is 0 Å². The van der Waals surface area contributed by atoms with Crippen LogP contribution in [0.15, 0.2) is 0 Å². The lowest BCUT2D eigenvalue weighted by atomic mass is 10.3. The fourth-order valence-corrected chi connectivity index (χ4v) is 2.68. The van der Waals surface area contributed by atoms with Crippen LogP contribution in [-0.4, -0.2) is 44.9 Å². The smallest absolute Gasteiger partial charge is 0.0660 e. The highest BCUT2D eigenvalue weighted by atomic mass is 32.2. The monoisotopic (exact) mass is 191 g/mol. The van der Waals surface area contributed by atoms with Crippen LogP contribution in [0.1, 0.15) is 6.92 Å². The first-order valence-electron chi connectivity index (χ1n) is 3.94. The minimum atomic E-state index is -0.169. The van der Waals surface area contributed by atoms with Gasteiger partial charge in [0.2, 0.25) is 0 Å². The summed E-state index contributed by atoms with van der Waals surface area (Å²) in [5, 5.41) is 10.7. The second kappa shape index (κ2) is 3.17. The van der Waals surface area contributed by atoms with Gasteiger partial charge >= 0.3 is 0 Å². The van der Waals surface area contributed by atoms with Gasteiger partial charge in [0.15, 0.2) is 0 Å². The Labute approximate surface area is 75.7 Å². The van der Waals surface area contributed by atoms with Gasteiger partial charge in [-0.05, 0) is 6.92 Å². The molecule has 2 aliphatic rings. The number of hydrogen-bond acceptors (Lipinski definition) is 4. The van der Waals surface area contributed by atoms with Crippen LogP contribution >= 0.6 is 23.5 Å². The van der Waals surface area contributed by atoms with Crippen LogP contribution in [0.5, 0.6) is 0 Å². The number of rotatable bonds is 4. The number of aliphatic hydroxyl groups excluding tert-OH is 1. The molecule has 0 aliphatic carbocycles. The van der Waals surface area contributed by atoms with Gasteiger partial charge in [0.25, 0.3) is 0 Å². The zero-order valence-corrected chi connectivity index (χ0v) is 8.20. The van der Waals surface area contributed by atoms with Gasteiger partial charge in [-0.3, -0.25) is 4.90 Å². The van der Waals surface area contributed by atoms with Gasteiger partial charge in [0.1, 0.15) is 0 Å². The Morgan fingerprint density at radius 2 is 1.91 bits per heavy atom. The predicted molar refractivity (Wildman–Crippen MR) is 50.9 cm³/mol. The third kappa shape index (κ3) is 2.28. The molecule has 1 unspecified atom stereocenters. The molecule has 0 spiro atoms. The average molecular weight is 191 g/mol. The van der Waals surface area contributed by atoms with Crippen molar-refractivity contribution >= 4 is 23.5 Å². The van der Waals surface area contributed by atoms with Crippen molar-refractivity contribution in [2.24, 2.45) is 0 Å². The highest BCUT2D eigenvalue weighted by Gasteiger charge is 2.40. The first-order chi connectivity index (χ1) is 5.27. The Balaban J connectivity index is 1.82. The Morgan fingerprint density at radius 1 is 1.45 bits per heavy atom. The van der Waals surface area contributed by atoms with Crippen LogP contribution in [0, 0.1) is 0 Å². The molecule has 0 radical (unpaired) electrons. The van der Waals surface area contributed by atoms with E-state index < -0.39 is 0 Å². The Kier molecular flexibility index (Phi) is 2.37. The van der Waals surface area contributed by atoms with Crippen molar-refractivity contribution in [1.29, 1.82) is 0 Å². The van der Waals surface area contributed by atoms with Crippen molar-refractivity contribution in [1.82, 2.24) is 4.90 Å². The molecule has 2 saturated heterocycles. The second-order valence-electron chi connectivity index (χ2n) is 3.12. The Bertz CT molecular complexity index is 133. The van der Waals surface area contributed by atoms with E-state index in [2.05, 4.69) is 4.90 Å². The largest absolute Gasteiger partial charge is 0.392 e. The van der Waals surface area contributed by atoms with Gasteiger partial charge in [-0.1, -0.05) is 0 Å². The number of hydrogen-bond donors (Lipinski definition) is 1. The van der Waals surface area contributed by atoms with E-state index in [1.807, 2.05) is 30.4 Å². The van der Waals surface area contributed by atoms with E-state index in [9.17, 15) is 5.11 Å². The molecule has 0 saturated carbocycles. The molecular formula is C7H13NOS2. The summed E-state index contributed by atoms with van der Waals surface area (Å²) >= 11 is 3.98. The molecule has 1 N–H and O–H groups in total. The quantitative estimate of drug-likeness (QED) is 0.665. The molecule has 2 rings (SSSR count). The summed E-state index contributed by atoms with van der Waals surface area (Å²) in [6.45, 7) is 2.72. The van der Waals surface area contributed by atoms with E-state index in [1.54, 1.807) is 0 Å². The molecule has 2 fully saturated rings. The third-order valence-electron chi connectivity index (χ3n) is 1.85. The van der Waals surface area contributed by atoms with Crippen LogP contribution in [0.4, 0.5) is 0 Å². The third-order valence-corrected chi connectivity index (χ3v) is 3.65. The zero-order valence-electron chi connectivity index (χ0n) is 6.56. The SMILES string of the molecule is CC(O)CN([C@@H]1CS1)[C@H]1CS1. The summed E-state index contributed by atoms with van der Waals surface area (Å²) in [6, 6.07) is 0. The van der Waals surface area contributed by atoms with E-state index in [4.69, 9.17) is 0 Å². The Hall–Kier alpha value is 0.620. The Morgan fingerprint density at radius 3 is 2.18 bits per heavy atom. The van der Waals surface area contributed by atoms with Crippen molar-refractivity contribution in [3.8, 4) is 0 Å². The van der Waals surface area contributed by atoms with Crippen molar-refractivity contribution in [2.45, 2.75) is 23.8 Å².